The van der Waals surface area contributed by atoms with E-state index in [1.165, 1.54) is 0 Å². The molecule has 5 heteroatoms. The number of hydrogen-bond acceptors (Lipinski definition) is 2. The van der Waals surface area contributed by atoms with Crippen LogP contribution in [-0.4, -0.2) is 11.7 Å². The Morgan fingerprint density at radius 3 is 2.10 bits per heavy atom. The standard InChI is InChI=1S/C24H18N2O2.BrH/c27-23(17-26-15-14-18-6-4-5-9-21(18)16-26)19-10-12-22(13-11-19)25-24(28)20-7-2-1-3-8-20;/h1-16H,17H2;1H. The Balaban J connectivity index is 0.00000240. The number of benzene rings is 3. The second kappa shape index (κ2) is 9.26. The number of carbonyl (C=O) groups is 2. The number of amides is 1. The van der Waals surface area contributed by atoms with Crippen molar-refractivity contribution < 1.29 is 31.1 Å². The van der Waals surface area contributed by atoms with Crippen LogP contribution >= 0.6 is 0 Å². The summed E-state index contributed by atoms with van der Waals surface area (Å²) < 4.78 is 1.88. The van der Waals surface area contributed by atoms with Crippen LogP contribution in [-0.2, 0) is 6.54 Å². The Hall–Kier alpha value is -3.31. The molecular formula is C24H19BrN2O2. The average molecular weight is 447 g/mol. The second-order valence-corrected chi connectivity index (χ2v) is 6.57. The Kier molecular flexibility index (Phi) is 6.52. The molecule has 0 bridgehead atoms. The zero-order valence-electron chi connectivity index (χ0n) is 15.6. The molecule has 0 aliphatic rings. The van der Waals surface area contributed by atoms with Crippen molar-refractivity contribution in [1.82, 2.24) is 0 Å². The Labute approximate surface area is 179 Å². The lowest BCUT2D eigenvalue weighted by Crippen LogP contribution is -3.00. The van der Waals surface area contributed by atoms with E-state index in [1.807, 2.05) is 65.5 Å². The lowest BCUT2D eigenvalue weighted by molar-refractivity contribution is -0.681. The lowest BCUT2D eigenvalue weighted by atomic mass is 10.1. The molecule has 0 aliphatic carbocycles. The van der Waals surface area contributed by atoms with E-state index in [9.17, 15) is 9.59 Å². The summed E-state index contributed by atoms with van der Waals surface area (Å²) in [5, 5.41) is 5.08. The number of pyridine rings is 1. The van der Waals surface area contributed by atoms with E-state index in [2.05, 4.69) is 5.32 Å². The quantitative estimate of drug-likeness (QED) is 0.370. The van der Waals surface area contributed by atoms with Crippen molar-refractivity contribution in [2.45, 2.75) is 6.54 Å². The molecule has 144 valence electrons. The molecular weight excluding hydrogens is 428 g/mol. The van der Waals surface area contributed by atoms with Gasteiger partial charge in [-0.3, -0.25) is 9.59 Å². The first-order valence-corrected chi connectivity index (χ1v) is 9.06. The minimum atomic E-state index is -0.175. The average Bonchev–Trinajstić information content (AvgIpc) is 2.75. The smallest absolute Gasteiger partial charge is 0.255 e. The first-order valence-electron chi connectivity index (χ1n) is 9.06. The number of ketones is 1. The van der Waals surface area contributed by atoms with Gasteiger partial charge in [-0.15, -0.1) is 0 Å². The number of nitrogens with zero attached hydrogens (tertiary/aromatic N) is 1. The SMILES string of the molecule is O=C(C[n+]1ccc2ccccc2c1)c1ccc(NC(=O)c2ccccc2)cc1.[Br-]. The van der Waals surface area contributed by atoms with Gasteiger partial charge in [-0.1, -0.05) is 36.4 Å². The first-order chi connectivity index (χ1) is 13.7. The van der Waals surface area contributed by atoms with Gasteiger partial charge in [0.1, 0.15) is 0 Å². The highest BCUT2D eigenvalue weighted by Crippen LogP contribution is 2.13. The van der Waals surface area contributed by atoms with Gasteiger partial charge in [0.25, 0.3) is 5.91 Å². The van der Waals surface area contributed by atoms with Crippen molar-refractivity contribution in [2.24, 2.45) is 0 Å². The fourth-order valence-corrected chi connectivity index (χ4v) is 3.07. The molecule has 0 saturated heterocycles. The van der Waals surface area contributed by atoms with E-state index >= 15 is 0 Å². The van der Waals surface area contributed by atoms with Crippen LogP contribution in [0.15, 0.2) is 97.3 Å². The number of rotatable bonds is 5. The molecule has 0 unspecified atom stereocenters. The van der Waals surface area contributed by atoms with Crippen LogP contribution < -0.4 is 26.9 Å². The molecule has 0 atom stereocenters. The minimum absolute atomic E-state index is 0. The second-order valence-electron chi connectivity index (χ2n) is 6.57. The summed E-state index contributed by atoms with van der Waals surface area (Å²) in [6.07, 6.45) is 3.89. The number of fused-ring (bicyclic) bond motifs is 1. The summed E-state index contributed by atoms with van der Waals surface area (Å²) in [4.78, 5) is 24.8. The number of nitrogens with one attached hydrogen (secondary N) is 1. The molecule has 4 rings (SSSR count). The zero-order valence-corrected chi connectivity index (χ0v) is 17.2. The van der Waals surface area contributed by atoms with Crippen molar-refractivity contribution in [3.05, 3.63) is 108 Å². The van der Waals surface area contributed by atoms with E-state index in [0.29, 0.717) is 16.8 Å². The molecule has 0 radical (unpaired) electrons. The molecule has 3 aromatic carbocycles. The molecule has 1 heterocycles. The highest BCUT2D eigenvalue weighted by atomic mass is 79.9. The summed E-state index contributed by atoms with van der Waals surface area (Å²) in [5.74, 6) is -0.160. The largest absolute Gasteiger partial charge is 1.00 e. The van der Waals surface area contributed by atoms with Crippen molar-refractivity contribution in [2.75, 3.05) is 5.32 Å². The van der Waals surface area contributed by atoms with Crippen LogP contribution in [0.1, 0.15) is 20.7 Å². The number of aromatic nitrogens is 1. The summed E-state index contributed by atoms with van der Waals surface area (Å²) in [6.45, 7) is 0.264. The van der Waals surface area contributed by atoms with Crippen LogP contribution in [0.25, 0.3) is 10.8 Å². The van der Waals surface area contributed by atoms with E-state index in [1.54, 1.807) is 36.4 Å². The van der Waals surface area contributed by atoms with Gasteiger partial charge in [0, 0.05) is 28.3 Å². The number of halogens is 1. The molecule has 4 aromatic rings. The molecule has 4 nitrogen and oxygen atoms in total. The van der Waals surface area contributed by atoms with Crippen molar-refractivity contribution in [3.8, 4) is 0 Å². The Morgan fingerprint density at radius 1 is 0.724 bits per heavy atom. The number of anilines is 1. The molecule has 0 saturated carbocycles. The van der Waals surface area contributed by atoms with Crippen LogP contribution in [0.3, 0.4) is 0 Å². The van der Waals surface area contributed by atoms with Crippen LogP contribution in [0.5, 0.6) is 0 Å². The van der Waals surface area contributed by atoms with Gasteiger partial charge in [0.05, 0.1) is 0 Å². The summed E-state index contributed by atoms with van der Waals surface area (Å²) in [5.41, 5.74) is 1.86. The predicted octanol–water partition coefficient (Wildman–Crippen LogP) is 1.27. The normalized spacial score (nSPS) is 10.2. The molecule has 0 spiro atoms. The Bertz CT molecular complexity index is 1140. The van der Waals surface area contributed by atoms with Crippen molar-refractivity contribution in [1.29, 1.82) is 0 Å². The zero-order chi connectivity index (χ0) is 19.3. The maximum Gasteiger partial charge on any atom is 0.255 e. The molecule has 1 aromatic heterocycles. The van der Waals surface area contributed by atoms with E-state index in [0.717, 1.165) is 10.8 Å². The molecule has 29 heavy (non-hydrogen) atoms. The number of Topliss-reactive ketones (excluding diaryl/α,β-unsaturated/α-hetero) is 1. The van der Waals surface area contributed by atoms with Gasteiger partial charge < -0.3 is 22.3 Å². The van der Waals surface area contributed by atoms with E-state index < -0.39 is 0 Å². The summed E-state index contributed by atoms with van der Waals surface area (Å²) in [6, 6.07) is 26.1. The monoisotopic (exact) mass is 446 g/mol. The van der Waals surface area contributed by atoms with Gasteiger partial charge in [0.2, 0.25) is 12.3 Å². The van der Waals surface area contributed by atoms with E-state index in [4.69, 9.17) is 0 Å². The fourth-order valence-electron chi connectivity index (χ4n) is 3.07. The third kappa shape index (κ3) is 4.95. The predicted molar refractivity (Wildman–Crippen MR) is 109 cm³/mol. The van der Waals surface area contributed by atoms with Crippen molar-refractivity contribution >= 4 is 28.2 Å². The first kappa shape index (κ1) is 20.4. The summed E-state index contributed by atoms with van der Waals surface area (Å²) in [7, 11) is 0. The number of hydrogen-bond donors (Lipinski definition) is 1. The maximum absolute atomic E-state index is 12.6. The summed E-state index contributed by atoms with van der Waals surface area (Å²) >= 11 is 0. The highest BCUT2D eigenvalue weighted by Gasteiger charge is 2.13. The third-order valence-corrected chi connectivity index (χ3v) is 4.57. The maximum atomic E-state index is 12.6. The third-order valence-electron chi connectivity index (χ3n) is 4.57. The van der Waals surface area contributed by atoms with Crippen molar-refractivity contribution in [3.63, 3.8) is 0 Å². The minimum Gasteiger partial charge on any atom is -1.00 e. The molecule has 1 amide bonds. The van der Waals surface area contributed by atoms with Gasteiger partial charge >= 0.3 is 0 Å². The topological polar surface area (TPSA) is 50.0 Å². The van der Waals surface area contributed by atoms with Gasteiger partial charge in [0.15, 0.2) is 12.4 Å². The van der Waals surface area contributed by atoms with E-state index in [-0.39, 0.29) is 35.2 Å². The van der Waals surface area contributed by atoms with Gasteiger partial charge in [-0.25, -0.2) is 0 Å². The Morgan fingerprint density at radius 2 is 1.38 bits per heavy atom. The van der Waals surface area contributed by atoms with Crippen LogP contribution in [0.4, 0.5) is 5.69 Å². The molecule has 0 fully saturated rings. The highest BCUT2D eigenvalue weighted by molar-refractivity contribution is 6.04. The van der Waals surface area contributed by atoms with Gasteiger partial charge in [-0.2, -0.15) is 4.57 Å². The molecule has 0 aliphatic heterocycles. The van der Waals surface area contributed by atoms with Crippen LogP contribution in [0.2, 0.25) is 0 Å². The number of carbonyl (C=O) groups excluding carboxylic acids is 2. The van der Waals surface area contributed by atoms with Crippen LogP contribution in [0, 0.1) is 0 Å². The lowest BCUT2D eigenvalue weighted by Gasteiger charge is -2.06. The van der Waals surface area contributed by atoms with Gasteiger partial charge in [-0.05, 0) is 47.9 Å². The molecule has 1 N–H and O–H groups in total. The fraction of sp³-hybridized carbons (Fsp3) is 0.0417.